The minimum Gasteiger partial charge on any atom is -0.493 e. The first-order valence-corrected chi connectivity index (χ1v) is 13.0. The van der Waals surface area contributed by atoms with Crippen molar-refractivity contribution in [2.45, 2.75) is 26.8 Å². The number of carbonyl (C=O) groups is 2. The van der Waals surface area contributed by atoms with E-state index in [9.17, 15) is 9.59 Å². The lowest BCUT2D eigenvalue weighted by Gasteiger charge is -2.23. The van der Waals surface area contributed by atoms with Crippen LogP contribution in [0.2, 0.25) is 0 Å². The number of methoxy groups -OCH3 is 1. The number of aryl methyl sites for hydroxylation is 2. The van der Waals surface area contributed by atoms with Crippen LogP contribution in [0.4, 0.5) is 5.69 Å². The molecule has 1 N–H and O–H groups in total. The van der Waals surface area contributed by atoms with E-state index in [1.807, 2.05) is 75.4 Å². The van der Waals surface area contributed by atoms with Gasteiger partial charge < -0.3 is 14.8 Å². The highest BCUT2D eigenvalue weighted by Gasteiger charge is 2.35. The van der Waals surface area contributed by atoms with Crippen LogP contribution in [0, 0.1) is 13.8 Å². The van der Waals surface area contributed by atoms with Crippen molar-refractivity contribution in [1.29, 1.82) is 0 Å². The second-order valence-corrected chi connectivity index (χ2v) is 10.4. The highest BCUT2D eigenvalue weighted by molar-refractivity contribution is 8.26. The molecule has 37 heavy (non-hydrogen) atoms. The minimum absolute atomic E-state index is 0.131. The fourth-order valence-electron chi connectivity index (χ4n) is 3.94. The first kappa shape index (κ1) is 26.4. The number of carbonyl (C=O) groups excluding carboxylic acids is 2. The molecule has 190 valence electrons. The van der Waals surface area contributed by atoms with Gasteiger partial charge in [-0.15, -0.1) is 0 Å². The number of ether oxygens (including phenoxy) is 2. The molecule has 1 saturated heterocycles. The van der Waals surface area contributed by atoms with E-state index in [1.54, 1.807) is 23.1 Å². The number of benzene rings is 3. The van der Waals surface area contributed by atoms with Crippen LogP contribution in [-0.4, -0.2) is 34.8 Å². The average molecular weight is 533 g/mol. The standard InChI is InChI=1S/C29H28N2O4S2/c1-18-10-11-19(2)23(14-18)30-27(32)17-35-24-13-12-21(15-25(24)34-4)16-26-28(33)31(29(36)37-26)20(3)22-8-6-5-7-9-22/h5-16,20H,17H2,1-4H3,(H,30,32)/b26-16-/t20-/m1/s1. The molecule has 1 heterocycles. The molecule has 1 atom stereocenters. The molecule has 4 rings (SSSR count). The normalized spacial score (nSPS) is 15.1. The predicted molar refractivity (Wildman–Crippen MR) is 153 cm³/mol. The summed E-state index contributed by atoms with van der Waals surface area (Å²) in [6, 6.07) is 20.8. The van der Waals surface area contributed by atoms with Gasteiger partial charge in [0.2, 0.25) is 0 Å². The first-order chi connectivity index (χ1) is 17.8. The van der Waals surface area contributed by atoms with Gasteiger partial charge in [0.05, 0.1) is 18.1 Å². The summed E-state index contributed by atoms with van der Waals surface area (Å²) in [6.07, 6.45) is 1.79. The van der Waals surface area contributed by atoms with Crippen LogP contribution in [0.3, 0.4) is 0 Å². The smallest absolute Gasteiger partial charge is 0.266 e. The van der Waals surface area contributed by atoms with Crippen LogP contribution in [0.1, 0.15) is 35.2 Å². The van der Waals surface area contributed by atoms with Gasteiger partial charge >= 0.3 is 0 Å². The van der Waals surface area contributed by atoms with Gasteiger partial charge in [-0.3, -0.25) is 14.5 Å². The largest absolute Gasteiger partial charge is 0.493 e. The molecule has 0 unspecified atom stereocenters. The SMILES string of the molecule is COc1cc(/C=C2\SC(=S)N([C@H](C)c3ccccc3)C2=O)ccc1OCC(=O)Nc1cc(C)ccc1C. The van der Waals surface area contributed by atoms with E-state index in [0.29, 0.717) is 20.7 Å². The van der Waals surface area contributed by atoms with Gasteiger partial charge in [0.15, 0.2) is 18.1 Å². The highest BCUT2D eigenvalue weighted by atomic mass is 32.2. The van der Waals surface area contributed by atoms with Crippen LogP contribution in [-0.2, 0) is 9.59 Å². The Kier molecular flexibility index (Phi) is 8.31. The zero-order valence-corrected chi connectivity index (χ0v) is 22.7. The molecule has 0 saturated carbocycles. The number of amides is 2. The number of hydrogen-bond acceptors (Lipinski definition) is 6. The molecular formula is C29H28N2O4S2. The van der Waals surface area contributed by atoms with Gasteiger partial charge in [-0.05, 0) is 67.3 Å². The van der Waals surface area contributed by atoms with Gasteiger partial charge in [-0.2, -0.15) is 0 Å². The Hall–Kier alpha value is -3.62. The van der Waals surface area contributed by atoms with E-state index < -0.39 is 0 Å². The fraction of sp³-hybridized carbons (Fsp3) is 0.207. The van der Waals surface area contributed by atoms with Crippen molar-refractivity contribution >= 4 is 51.9 Å². The number of nitrogens with zero attached hydrogens (tertiary/aromatic N) is 1. The molecule has 0 spiro atoms. The summed E-state index contributed by atoms with van der Waals surface area (Å²) in [5.74, 6) is 0.493. The third-order valence-electron chi connectivity index (χ3n) is 6.00. The Labute approximate surface area is 226 Å². The van der Waals surface area contributed by atoms with Crippen molar-refractivity contribution in [3.05, 3.63) is 93.9 Å². The summed E-state index contributed by atoms with van der Waals surface area (Å²) in [4.78, 5) is 27.8. The van der Waals surface area contributed by atoms with Gasteiger partial charge in [0.1, 0.15) is 4.32 Å². The van der Waals surface area contributed by atoms with Crippen LogP contribution < -0.4 is 14.8 Å². The number of rotatable bonds is 8. The lowest BCUT2D eigenvalue weighted by Crippen LogP contribution is -2.30. The predicted octanol–water partition coefficient (Wildman–Crippen LogP) is 6.29. The van der Waals surface area contributed by atoms with E-state index in [1.165, 1.54) is 18.9 Å². The second kappa shape index (κ2) is 11.6. The van der Waals surface area contributed by atoms with Crippen LogP contribution in [0.15, 0.2) is 71.6 Å². The van der Waals surface area contributed by atoms with Gasteiger partial charge in [0.25, 0.3) is 11.8 Å². The van der Waals surface area contributed by atoms with E-state index in [2.05, 4.69) is 5.32 Å². The molecule has 0 aliphatic carbocycles. The highest BCUT2D eigenvalue weighted by Crippen LogP contribution is 2.39. The summed E-state index contributed by atoms with van der Waals surface area (Å²) in [5.41, 5.74) is 4.58. The maximum Gasteiger partial charge on any atom is 0.266 e. The molecule has 1 aliphatic rings. The monoisotopic (exact) mass is 532 g/mol. The topological polar surface area (TPSA) is 67.9 Å². The van der Waals surface area contributed by atoms with E-state index in [-0.39, 0.29) is 24.5 Å². The zero-order chi connectivity index (χ0) is 26.5. The third-order valence-corrected chi connectivity index (χ3v) is 7.33. The minimum atomic E-state index is -0.268. The Bertz CT molecular complexity index is 1370. The summed E-state index contributed by atoms with van der Waals surface area (Å²) >= 11 is 6.80. The molecule has 0 bridgehead atoms. The van der Waals surface area contributed by atoms with E-state index in [4.69, 9.17) is 21.7 Å². The quantitative estimate of drug-likeness (QED) is 0.272. The second-order valence-electron chi connectivity index (χ2n) is 8.70. The van der Waals surface area contributed by atoms with Crippen LogP contribution >= 0.6 is 24.0 Å². The molecule has 2 amide bonds. The summed E-state index contributed by atoms with van der Waals surface area (Å²) < 4.78 is 11.7. The summed E-state index contributed by atoms with van der Waals surface area (Å²) in [7, 11) is 1.53. The van der Waals surface area contributed by atoms with Crippen molar-refractivity contribution < 1.29 is 19.1 Å². The van der Waals surface area contributed by atoms with Crippen LogP contribution in [0.5, 0.6) is 11.5 Å². The van der Waals surface area contributed by atoms with Crippen molar-refractivity contribution in [2.24, 2.45) is 0 Å². The van der Waals surface area contributed by atoms with Gasteiger partial charge in [-0.1, -0.05) is 72.5 Å². The lowest BCUT2D eigenvalue weighted by atomic mass is 10.1. The zero-order valence-electron chi connectivity index (χ0n) is 21.1. The lowest BCUT2D eigenvalue weighted by molar-refractivity contribution is -0.123. The van der Waals surface area contributed by atoms with Gasteiger partial charge in [-0.25, -0.2) is 0 Å². The molecule has 1 fully saturated rings. The van der Waals surface area contributed by atoms with Gasteiger partial charge in [0, 0.05) is 5.69 Å². The molecule has 6 nitrogen and oxygen atoms in total. The number of anilines is 1. The summed E-state index contributed by atoms with van der Waals surface area (Å²) in [5, 5.41) is 2.88. The number of thiocarbonyl (C=S) groups is 1. The number of hydrogen-bond donors (Lipinski definition) is 1. The number of nitrogens with one attached hydrogen (secondary N) is 1. The van der Waals surface area contributed by atoms with Crippen molar-refractivity contribution in [1.82, 2.24) is 4.90 Å². The van der Waals surface area contributed by atoms with E-state index in [0.717, 1.165) is 27.9 Å². The molecule has 0 aromatic heterocycles. The Morgan fingerprint density at radius 1 is 1.08 bits per heavy atom. The Balaban J connectivity index is 1.44. The number of thioether (sulfide) groups is 1. The summed E-state index contributed by atoms with van der Waals surface area (Å²) in [6.45, 7) is 5.71. The molecule has 1 aliphatic heterocycles. The molecule has 3 aromatic rings. The third kappa shape index (κ3) is 6.21. The molecule has 8 heteroatoms. The maximum absolute atomic E-state index is 13.2. The average Bonchev–Trinajstić information content (AvgIpc) is 3.17. The maximum atomic E-state index is 13.2. The van der Waals surface area contributed by atoms with Crippen molar-refractivity contribution in [3.8, 4) is 11.5 Å². The Morgan fingerprint density at radius 2 is 1.84 bits per heavy atom. The van der Waals surface area contributed by atoms with Crippen LogP contribution in [0.25, 0.3) is 6.08 Å². The van der Waals surface area contributed by atoms with Crippen molar-refractivity contribution in [3.63, 3.8) is 0 Å². The first-order valence-electron chi connectivity index (χ1n) is 11.8. The molecule has 3 aromatic carbocycles. The fourth-order valence-corrected chi connectivity index (χ4v) is 5.36. The molecule has 0 radical (unpaired) electrons. The Morgan fingerprint density at radius 3 is 2.57 bits per heavy atom. The van der Waals surface area contributed by atoms with Crippen molar-refractivity contribution in [2.75, 3.05) is 19.0 Å². The van der Waals surface area contributed by atoms with E-state index >= 15 is 0 Å². The molecular weight excluding hydrogens is 504 g/mol.